The van der Waals surface area contributed by atoms with E-state index in [0.717, 1.165) is 6.42 Å². The van der Waals surface area contributed by atoms with Gasteiger partial charge in [-0.15, -0.1) is 0 Å². The number of nitrogens with zero attached hydrogens (tertiary/aromatic N) is 1. The molecule has 0 fully saturated rings. The summed E-state index contributed by atoms with van der Waals surface area (Å²) in [5.74, 6) is -0.204. The van der Waals surface area contributed by atoms with Crippen molar-refractivity contribution in [1.29, 1.82) is 0 Å². The van der Waals surface area contributed by atoms with Gasteiger partial charge in [0.05, 0.1) is 11.6 Å². The van der Waals surface area contributed by atoms with Crippen LogP contribution in [0.2, 0.25) is 10.2 Å². The monoisotopic (exact) mass is 264 g/mol. The average Bonchev–Trinajstić information content (AvgIpc) is 2.58. The number of aromatic nitrogens is 1. The second-order valence-electron chi connectivity index (χ2n) is 3.36. The van der Waals surface area contributed by atoms with Gasteiger partial charge in [0.25, 0.3) is 5.91 Å². The molecule has 0 aromatic carbocycles. The van der Waals surface area contributed by atoms with Crippen molar-refractivity contribution in [2.45, 2.75) is 13.3 Å². The van der Waals surface area contributed by atoms with Gasteiger partial charge in [0.15, 0.2) is 0 Å². The van der Waals surface area contributed by atoms with Gasteiger partial charge in [-0.3, -0.25) is 4.79 Å². The lowest BCUT2D eigenvalue weighted by Gasteiger charge is -2.20. The number of aliphatic hydroxyl groups is 1. The molecule has 0 bridgehead atoms. The molecule has 1 heterocycles. The first-order chi connectivity index (χ1) is 7.60. The Morgan fingerprint density at radius 3 is 2.62 bits per heavy atom. The van der Waals surface area contributed by atoms with Crippen LogP contribution in [-0.2, 0) is 0 Å². The Balaban J connectivity index is 2.81. The van der Waals surface area contributed by atoms with Crippen LogP contribution in [0.1, 0.15) is 23.8 Å². The molecule has 4 nitrogen and oxygen atoms in total. The molecule has 0 atom stereocenters. The minimum Gasteiger partial charge on any atom is -0.395 e. The number of carbonyl (C=O) groups is 1. The molecule has 6 heteroatoms. The highest BCUT2D eigenvalue weighted by Gasteiger charge is 2.17. The maximum Gasteiger partial charge on any atom is 0.270 e. The molecule has 2 N–H and O–H groups in total. The molecule has 1 aromatic heterocycles. The number of rotatable bonds is 5. The standard InChI is InChI=1S/C10H14Cl2N2O2/c1-2-3-14(4-5-15)10(16)8-6-7(11)9(12)13-8/h6,13,15H,2-5H2,1H3. The van der Waals surface area contributed by atoms with Crippen LogP contribution in [0.4, 0.5) is 0 Å². The van der Waals surface area contributed by atoms with Crippen LogP contribution in [0.25, 0.3) is 0 Å². The van der Waals surface area contributed by atoms with Crippen LogP contribution in [-0.4, -0.2) is 40.6 Å². The summed E-state index contributed by atoms with van der Waals surface area (Å²) in [6, 6.07) is 1.49. The molecule has 16 heavy (non-hydrogen) atoms. The Kier molecular flexibility index (Phi) is 5.12. The number of nitrogens with one attached hydrogen (secondary N) is 1. The van der Waals surface area contributed by atoms with Gasteiger partial charge < -0.3 is 15.0 Å². The van der Waals surface area contributed by atoms with Gasteiger partial charge in [0.2, 0.25) is 0 Å². The highest BCUT2D eigenvalue weighted by Crippen LogP contribution is 2.22. The Labute approximate surface area is 104 Å². The van der Waals surface area contributed by atoms with Crippen molar-refractivity contribution in [2.24, 2.45) is 0 Å². The topological polar surface area (TPSA) is 56.3 Å². The van der Waals surface area contributed by atoms with Gasteiger partial charge in [0, 0.05) is 13.1 Å². The first-order valence-corrected chi connectivity index (χ1v) is 5.79. The molecule has 0 aliphatic heterocycles. The Bertz CT molecular complexity index is 340. The quantitative estimate of drug-likeness (QED) is 0.857. The van der Waals surface area contributed by atoms with E-state index >= 15 is 0 Å². The van der Waals surface area contributed by atoms with Crippen molar-refractivity contribution in [2.75, 3.05) is 19.7 Å². The van der Waals surface area contributed by atoms with Crippen LogP contribution in [0.3, 0.4) is 0 Å². The summed E-state index contributed by atoms with van der Waals surface area (Å²) in [7, 11) is 0. The molecule has 0 unspecified atom stereocenters. The molecule has 1 amide bonds. The average molecular weight is 265 g/mol. The second-order valence-corrected chi connectivity index (χ2v) is 4.15. The molecule has 0 spiro atoms. The Morgan fingerprint density at radius 2 is 2.19 bits per heavy atom. The fraction of sp³-hybridized carbons (Fsp3) is 0.500. The van der Waals surface area contributed by atoms with Gasteiger partial charge in [-0.2, -0.15) is 0 Å². The van der Waals surface area contributed by atoms with E-state index in [1.54, 1.807) is 4.90 Å². The SMILES string of the molecule is CCCN(CCO)C(=O)c1cc(Cl)c(Cl)[nH]1. The number of hydrogen-bond donors (Lipinski definition) is 2. The zero-order valence-electron chi connectivity index (χ0n) is 8.96. The molecule has 90 valence electrons. The van der Waals surface area contributed by atoms with Crippen LogP contribution in [0.15, 0.2) is 6.07 Å². The van der Waals surface area contributed by atoms with Crippen molar-refractivity contribution in [3.8, 4) is 0 Å². The van der Waals surface area contributed by atoms with Gasteiger partial charge in [0.1, 0.15) is 10.8 Å². The van der Waals surface area contributed by atoms with Gasteiger partial charge in [-0.1, -0.05) is 30.1 Å². The summed E-state index contributed by atoms with van der Waals surface area (Å²) < 4.78 is 0. The summed E-state index contributed by atoms with van der Waals surface area (Å²) >= 11 is 11.5. The molecular weight excluding hydrogens is 251 g/mol. The van der Waals surface area contributed by atoms with Gasteiger partial charge in [-0.05, 0) is 12.5 Å². The fourth-order valence-electron chi connectivity index (χ4n) is 1.40. The number of halogens is 2. The minimum absolute atomic E-state index is 0.0616. The lowest BCUT2D eigenvalue weighted by atomic mass is 10.3. The molecular formula is C10H14Cl2N2O2. The van der Waals surface area contributed by atoms with Crippen molar-refractivity contribution < 1.29 is 9.90 Å². The third kappa shape index (κ3) is 3.14. The zero-order chi connectivity index (χ0) is 12.1. The van der Waals surface area contributed by atoms with E-state index in [0.29, 0.717) is 23.8 Å². The zero-order valence-corrected chi connectivity index (χ0v) is 10.5. The number of carbonyl (C=O) groups excluding carboxylic acids is 1. The van der Waals surface area contributed by atoms with E-state index in [9.17, 15) is 4.79 Å². The van der Waals surface area contributed by atoms with Crippen LogP contribution >= 0.6 is 23.2 Å². The third-order valence-electron chi connectivity index (χ3n) is 2.11. The number of aliphatic hydroxyl groups excluding tert-OH is 1. The van der Waals surface area contributed by atoms with Crippen LogP contribution < -0.4 is 0 Å². The Hall–Kier alpha value is -0.710. The summed E-state index contributed by atoms with van der Waals surface area (Å²) in [6.45, 7) is 2.80. The summed E-state index contributed by atoms with van der Waals surface area (Å²) in [6.07, 6.45) is 0.827. The third-order valence-corrected chi connectivity index (χ3v) is 2.80. The number of hydrogen-bond acceptors (Lipinski definition) is 2. The van der Waals surface area contributed by atoms with E-state index in [1.165, 1.54) is 6.07 Å². The molecule has 0 radical (unpaired) electrons. The fourth-order valence-corrected chi connectivity index (χ4v) is 1.71. The van der Waals surface area contributed by atoms with Crippen LogP contribution in [0.5, 0.6) is 0 Å². The van der Waals surface area contributed by atoms with Crippen molar-refractivity contribution >= 4 is 29.1 Å². The smallest absolute Gasteiger partial charge is 0.270 e. The van der Waals surface area contributed by atoms with E-state index in [-0.39, 0.29) is 17.7 Å². The highest BCUT2D eigenvalue weighted by atomic mass is 35.5. The van der Waals surface area contributed by atoms with Gasteiger partial charge >= 0.3 is 0 Å². The second kappa shape index (κ2) is 6.13. The largest absolute Gasteiger partial charge is 0.395 e. The van der Waals surface area contributed by atoms with Gasteiger partial charge in [-0.25, -0.2) is 0 Å². The van der Waals surface area contributed by atoms with Crippen molar-refractivity contribution in [1.82, 2.24) is 9.88 Å². The maximum atomic E-state index is 12.0. The maximum absolute atomic E-state index is 12.0. The van der Waals surface area contributed by atoms with E-state index in [1.807, 2.05) is 6.92 Å². The lowest BCUT2D eigenvalue weighted by molar-refractivity contribution is 0.0717. The highest BCUT2D eigenvalue weighted by molar-refractivity contribution is 6.41. The first-order valence-electron chi connectivity index (χ1n) is 5.04. The van der Waals surface area contributed by atoms with Crippen LogP contribution in [0, 0.1) is 0 Å². The van der Waals surface area contributed by atoms with Crippen molar-refractivity contribution in [3.63, 3.8) is 0 Å². The summed E-state index contributed by atoms with van der Waals surface area (Å²) in [5.41, 5.74) is 0.344. The first kappa shape index (κ1) is 13.4. The number of aromatic amines is 1. The molecule has 1 rings (SSSR count). The molecule has 1 aromatic rings. The number of H-pyrrole nitrogens is 1. The van der Waals surface area contributed by atoms with E-state index in [4.69, 9.17) is 28.3 Å². The predicted molar refractivity (Wildman–Crippen MR) is 64.1 cm³/mol. The predicted octanol–water partition coefficient (Wildman–Crippen LogP) is 2.17. The number of amides is 1. The summed E-state index contributed by atoms with van der Waals surface area (Å²) in [5, 5.41) is 9.44. The Morgan fingerprint density at radius 1 is 1.50 bits per heavy atom. The summed E-state index contributed by atoms with van der Waals surface area (Å²) in [4.78, 5) is 16.2. The normalized spacial score (nSPS) is 10.5. The molecule has 0 aliphatic carbocycles. The lowest BCUT2D eigenvalue weighted by Crippen LogP contribution is -2.34. The molecule has 0 saturated heterocycles. The molecule has 0 aliphatic rings. The molecule has 0 saturated carbocycles. The minimum atomic E-state index is -0.204. The van der Waals surface area contributed by atoms with E-state index < -0.39 is 0 Å². The van der Waals surface area contributed by atoms with Crippen molar-refractivity contribution in [3.05, 3.63) is 21.9 Å². The van der Waals surface area contributed by atoms with E-state index in [2.05, 4.69) is 4.98 Å².